The van der Waals surface area contributed by atoms with Crippen molar-refractivity contribution in [3.05, 3.63) is 29.3 Å². The van der Waals surface area contributed by atoms with E-state index in [2.05, 4.69) is 30.5 Å². The first-order valence-electron chi connectivity index (χ1n) is 7.30. The van der Waals surface area contributed by atoms with Gasteiger partial charge in [-0.2, -0.15) is 0 Å². The van der Waals surface area contributed by atoms with E-state index < -0.39 is 0 Å². The molecule has 5 heteroatoms. The summed E-state index contributed by atoms with van der Waals surface area (Å²) in [5, 5.41) is 6.09. The second-order valence-corrected chi connectivity index (χ2v) is 4.95. The fourth-order valence-electron chi connectivity index (χ4n) is 2.03. The van der Waals surface area contributed by atoms with Crippen molar-refractivity contribution in [2.75, 3.05) is 33.4 Å². The second kappa shape index (κ2) is 9.37. The Hall–Kier alpha value is -1.59. The maximum Gasteiger partial charge on any atom is 0.258 e. The van der Waals surface area contributed by atoms with Crippen LogP contribution in [0.3, 0.4) is 0 Å². The Bertz CT molecular complexity index is 449. The van der Waals surface area contributed by atoms with Crippen LogP contribution in [0, 0.1) is 6.92 Å². The third-order valence-corrected chi connectivity index (χ3v) is 3.13. The molecule has 0 saturated heterocycles. The minimum atomic E-state index is -0.143. The largest absolute Gasteiger partial charge is 0.483 e. The van der Waals surface area contributed by atoms with Gasteiger partial charge in [0.1, 0.15) is 5.75 Å². The monoisotopic (exact) mass is 294 g/mol. The van der Waals surface area contributed by atoms with Crippen molar-refractivity contribution in [3.8, 4) is 5.75 Å². The molecule has 0 saturated carbocycles. The van der Waals surface area contributed by atoms with Crippen molar-refractivity contribution in [2.45, 2.75) is 26.8 Å². The molecule has 1 aromatic carbocycles. The molecule has 1 rings (SSSR count). The van der Waals surface area contributed by atoms with Crippen LogP contribution in [0.25, 0.3) is 0 Å². The van der Waals surface area contributed by atoms with Gasteiger partial charge < -0.3 is 20.1 Å². The summed E-state index contributed by atoms with van der Waals surface area (Å²) in [6, 6.07) is 6.24. The van der Waals surface area contributed by atoms with E-state index in [0.29, 0.717) is 13.2 Å². The molecular formula is C16H26N2O3. The van der Waals surface area contributed by atoms with Gasteiger partial charge in [0.2, 0.25) is 0 Å². The van der Waals surface area contributed by atoms with Crippen LogP contribution in [0.1, 0.15) is 31.0 Å². The first kappa shape index (κ1) is 17.5. The van der Waals surface area contributed by atoms with Gasteiger partial charge in [-0.05, 0) is 32.0 Å². The molecule has 0 radical (unpaired) electrons. The third kappa shape index (κ3) is 6.14. The molecule has 0 aromatic heterocycles. The predicted molar refractivity (Wildman–Crippen MR) is 83.7 cm³/mol. The summed E-state index contributed by atoms with van der Waals surface area (Å²) in [6.07, 6.45) is 0. The van der Waals surface area contributed by atoms with Crippen LogP contribution in [0.4, 0.5) is 0 Å². The molecule has 5 nitrogen and oxygen atoms in total. The number of amides is 1. The molecule has 1 unspecified atom stereocenters. The fraction of sp³-hybridized carbons (Fsp3) is 0.562. The minimum Gasteiger partial charge on any atom is -0.483 e. The van der Waals surface area contributed by atoms with E-state index in [0.717, 1.165) is 23.4 Å². The van der Waals surface area contributed by atoms with E-state index in [1.54, 1.807) is 7.11 Å². The summed E-state index contributed by atoms with van der Waals surface area (Å²) in [5.74, 6) is 0.612. The van der Waals surface area contributed by atoms with Crippen molar-refractivity contribution in [3.63, 3.8) is 0 Å². The number of hydrogen-bond acceptors (Lipinski definition) is 4. The number of ether oxygens (including phenoxy) is 2. The molecule has 0 fully saturated rings. The van der Waals surface area contributed by atoms with Crippen LogP contribution in [0.15, 0.2) is 18.2 Å². The lowest BCUT2D eigenvalue weighted by Crippen LogP contribution is -2.31. The van der Waals surface area contributed by atoms with E-state index in [9.17, 15) is 4.79 Å². The van der Waals surface area contributed by atoms with E-state index >= 15 is 0 Å². The van der Waals surface area contributed by atoms with Crippen molar-refractivity contribution >= 4 is 5.91 Å². The Balaban J connectivity index is 2.64. The van der Waals surface area contributed by atoms with Crippen LogP contribution in [-0.4, -0.2) is 39.3 Å². The maximum absolute atomic E-state index is 11.7. The standard InChI is InChI=1S/C16H26N2O3/c1-5-17-13(3)14-7-6-12(2)10-15(14)21-11-16(19)18-8-9-20-4/h6-7,10,13,17H,5,8-9,11H2,1-4H3,(H,18,19). The number of carbonyl (C=O) groups excluding carboxylic acids is 1. The summed E-state index contributed by atoms with van der Waals surface area (Å²) in [7, 11) is 1.60. The van der Waals surface area contributed by atoms with Crippen LogP contribution in [-0.2, 0) is 9.53 Å². The van der Waals surface area contributed by atoms with Crippen molar-refractivity contribution < 1.29 is 14.3 Å². The maximum atomic E-state index is 11.7. The smallest absolute Gasteiger partial charge is 0.258 e. The zero-order valence-electron chi connectivity index (χ0n) is 13.4. The zero-order chi connectivity index (χ0) is 15.7. The molecule has 2 N–H and O–H groups in total. The number of aryl methyl sites for hydroxylation is 1. The van der Waals surface area contributed by atoms with Crippen molar-refractivity contribution in [1.82, 2.24) is 10.6 Å². The highest BCUT2D eigenvalue weighted by Gasteiger charge is 2.12. The number of hydrogen-bond donors (Lipinski definition) is 2. The molecule has 21 heavy (non-hydrogen) atoms. The highest BCUT2D eigenvalue weighted by Crippen LogP contribution is 2.26. The van der Waals surface area contributed by atoms with E-state index in [-0.39, 0.29) is 18.6 Å². The van der Waals surface area contributed by atoms with Gasteiger partial charge in [0.05, 0.1) is 6.61 Å². The molecule has 0 aliphatic heterocycles. The molecule has 118 valence electrons. The van der Waals surface area contributed by atoms with Gasteiger partial charge in [0.25, 0.3) is 5.91 Å². The number of carbonyl (C=O) groups is 1. The Morgan fingerprint density at radius 3 is 2.81 bits per heavy atom. The van der Waals surface area contributed by atoms with Crippen molar-refractivity contribution in [2.24, 2.45) is 0 Å². The number of rotatable bonds is 9. The van der Waals surface area contributed by atoms with E-state index in [4.69, 9.17) is 9.47 Å². The van der Waals surface area contributed by atoms with Gasteiger partial charge in [0, 0.05) is 25.3 Å². The zero-order valence-corrected chi connectivity index (χ0v) is 13.4. The van der Waals surface area contributed by atoms with Gasteiger partial charge in [0.15, 0.2) is 6.61 Å². The third-order valence-electron chi connectivity index (χ3n) is 3.13. The quantitative estimate of drug-likeness (QED) is 0.682. The second-order valence-electron chi connectivity index (χ2n) is 4.95. The Labute approximate surface area is 127 Å². The first-order chi connectivity index (χ1) is 10.1. The van der Waals surface area contributed by atoms with Gasteiger partial charge >= 0.3 is 0 Å². The van der Waals surface area contributed by atoms with E-state index in [1.807, 2.05) is 19.1 Å². The molecule has 0 heterocycles. The number of benzene rings is 1. The Morgan fingerprint density at radius 2 is 2.14 bits per heavy atom. The average Bonchev–Trinajstić information content (AvgIpc) is 2.45. The normalized spacial score (nSPS) is 12.0. The topological polar surface area (TPSA) is 59.6 Å². The van der Waals surface area contributed by atoms with Crippen LogP contribution < -0.4 is 15.4 Å². The summed E-state index contributed by atoms with van der Waals surface area (Å²) in [4.78, 5) is 11.7. The highest BCUT2D eigenvalue weighted by molar-refractivity contribution is 5.77. The summed E-state index contributed by atoms with van der Waals surface area (Å²) >= 11 is 0. The molecule has 1 amide bonds. The molecule has 0 bridgehead atoms. The number of nitrogens with one attached hydrogen (secondary N) is 2. The van der Waals surface area contributed by atoms with Crippen LogP contribution >= 0.6 is 0 Å². The highest BCUT2D eigenvalue weighted by atomic mass is 16.5. The molecular weight excluding hydrogens is 268 g/mol. The minimum absolute atomic E-state index is 0.0129. The summed E-state index contributed by atoms with van der Waals surface area (Å²) in [6.45, 7) is 8.04. The molecule has 1 atom stereocenters. The van der Waals surface area contributed by atoms with Crippen LogP contribution in [0.2, 0.25) is 0 Å². The molecule has 0 aliphatic rings. The van der Waals surface area contributed by atoms with Crippen molar-refractivity contribution in [1.29, 1.82) is 0 Å². The molecule has 0 spiro atoms. The number of methoxy groups -OCH3 is 1. The Kier molecular flexibility index (Phi) is 7.79. The lowest BCUT2D eigenvalue weighted by molar-refractivity contribution is -0.123. The lowest BCUT2D eigenvalue weighted by Gasteiger charge is -2.18. The van der Waals surface area contributed by atoms with Gasteiger partial charge in [-0.1, -0.05) is 19.1 Å². The van der Waals surface area contributed by atoms with Gasteiger partial charge in [-0.3, -0.25) is 4.79 Å². The predicted octanol–water partition coefficient (Wildman–Crippen LogP) is 1.81. The van der Waals surface area contributed by atoms with E-state index in [1.165, 1.54) is 0 Å². The molecule has 0 aliphatic carbocycles. The molecule has 1 aromatic rings. The SMILES string of the molecule is CCNC(C)c1ccc(C)cc1OCC(=O)NCCOC. The van der Waals surface area contributed by atoms with Gasteiger partial charge in [-0.25, -0.2) is 0 Å². The Morgan fingerprint density at radius 1 is 1.38 bits per heavy atom. The van der Waals surface area contributed by atoms with Gasteiger partial charge in [-0.15, -0.1) is 0 Å². The summed E-state index contributed by atoms with van der Waals surface area (Å²) < 4.78 is 10.6. The summed E-state index contributed by atoms with van der Waals surface area (Å²) in [5.41, 5.74) is 2.17. The first-order valence-corrected chi connectivity index (χ1v) is 7.30. The average molecular weight is 294 g/mol. The van der Waals surface area contributed by atoms with Crippen LogP contribution in [0.5, 0.6) is 5.75 Å². The fourth-order valence-corrected chi connectivity index (χ4v) is 2.03. The lowest BCUT2D eigenvalue weighted by atomic mass is 10.0.